The predicted octanol–water partition coefficient (Wildman–Crippen LogP) is 2.29. The second-order valence-electron chi connectivity index (χ2n) is 4.81. The summed E-state index contributed by atoms with van der Waals surface area (Å²) in [4.78, 5) is 2.04. The lowest BCUT2D eigenvalue weighted by atomic mass is 10.0. The van der Waals surface area contributed by atoms with Crippen molar-refractivity contribution in [1.29, 1.82) is 0 Å². The number of ether oxygens (including phenoxy) is 2. The lowest BCUT2D eigenvalue weighted by Crippen LogP contribution is -2.31. The van der Waals surface area contributed by atoms with Crippen molar-refractivity contribution in [2.75, 3.05) is 45.4 Å². The molecular formula is C15H24FNO3. The number of rotatable bonds is 8. The van der Waals surface area contributed by atoms with Gasteiger partial charge in [0.05, 0.1) is 19.3 Å². The van der Waals surface area contributed by atoms with Gasteiger partial charge in [0.2, 0.25) is 0 Å². The molecule has 0 unspecified atom stereocenters. The summed E-state index contributed by atoms with van der Waals surface area (Å²) in [6.45, 7) is 5.78. The van der Waals surface area contributed by atoms with Gasteiger partial charge in [-0.2, -0.15) is 0 Å². The molecule has 114 valence electrons. The molecular weight excluding hydrogens is 261 g/mol. The van der Waals surface area contributed by atoms with Crippen molar-refractivity contribution in [3.63, 3.8) is 0 Å². The number of benzene rings is 1. The molecule has 0 spiro atoms. The van der Waals surface area contributed by atoms with Crippen molar-refractivity contribution < 1.29 is 19.0 Å². The zero-order valence-corrected chi connectivity index (χ0v) is 12.6. The van der Waals surface area contributed by atoms with E-state index in [4.69, 9.17) is 9.47 Å². The monoisotopic (exact) mass is 285 g/mol. The Kier molecular flexibility index (Phi) is 6.91. The Balaban J connectivity index is 3.11. The third-order valence-electron chi connectivity index (χ3n) is 3.23. The van der Waals surface area contributed by atoms with Gasteiger partial charge in [0.1, 0.15) is 5.82 Å². The summed E-state index contributed by atoms with van der Waals surface area (Å²) in [5, 5.41) is 9.86. The van der Waals surface area contributed by atoms with E-state index in [1.54, 1.807) is 34.1 Å². The molecule has 1 aromatic carbocycles. The van der Waals surface area contributed by atoms with Crippen molar-refractivity contribution in [3.8, 4) is 0 Å². The van der Waals surface area contributed by atoms with Crippen LogP contribution in [0.2, 0.25) is 0 Å². The number of hydrogen-bond donors (Lipinski definition) is 1. The average molecular weight is 285 g/mol. The second kappa shape index (κ2) is 8.19. The standard InChI is InChI=1S/C15H24FNO3/c1-11-9-15(13(12(2)18)10-14(11)16)17(5-7-19-3)6-8-20-4/h9-10,12,18H,5-8H2,1-4H3/t12-/m1/s1. The molecule has 4 nitrogen and oxygen atoms in total. The van der Waals surface area contributed by atoms with E-state index in [1.165, 1.54) is 6.07 Å². The van der Waals surface area contributed by atoms with Crippen LogP contribution in [0.15, 0.2) is 12.1 Å². The van der Waals surface area contributed by atoms with Crippen LogP contribution in [0.4, 0.5) is 10.1 Å². The zero-order valence-electron chi connectivity index (χ0n) is 12.6. The molecule has 0 saturated heterocycles. The van der Waals surface area contributed by atoms with E-state index < -0.39 is 6.10 Å². The highest BCUT2D eigenvalue weighted by Crippen LogP contribution is 2.29. The average Bonchev–Trinajstić information content (AvgIpc) is 2.41. The number of anilines is 1. The van der Waals surface area contributed by atoms with E-state index in [-0.39, 0.29) is 5.82 Å². The number of nitrogens with zero attached hydrogens (tertiary/aromatic N) is 1. The van der Waals surface area contributed by atoms with E-state index >= 15 is 0 Å². The Morgan fingerprint density at radius 2 is 1.75 bits per heavy atom. The molecule has 1 rings (SSSR count). The van der Waals surface area contributed by atoms with E-state index in [1.807, 2.05) is 4.90 Å². The Morgan fingerprint density at radius 1 is 1.20 bits per heavy atom. The fraction of sp³-hybridized carbons (Fsp3) is 0.600. The molecule has 1 atom stereocenters. The molecule has 0 aliphatic heterocycles. The van der Waals surface area contributed by atoms with Gasteiger partial charge in [-0.15, -0.1) is 0 Å². The molecule has 0 radical (unpaired) electrons. The lowest BCUT2D eigenvalue weighted by Gasteiger charge is -2.28. The van der Waals surface area contributed by atoms with Crippen LogP contribution in [0.5, 0.6) is 0 Å². The number of halogens is 1. The zero-order chi connectivity index (χ0) is 15.1. The first-order valence-corrected chi connectivity index (χ1v) is 6.72. The quantitative estimate of drug-likeness (QED) is 0.796. The Hall–Kier alpha value is -1.17. The van der Waals surface area contributed by atoms with Crippen molar-refractivity contribution in [2.45, 2.75) is 20.0 Å². The number of aliphatic hydroxyl groups excluding tert-OH is 1. The molecule has 0 bridgehead atoms. The third-order valence-corrected chi connectivity index (χ3v) is 3.23. The second-order valence-corrected chi connectivity index (χ2v) is 4.81. The van der Waals surface area contributed by atoms with Crippen molar-refractivity contribution >= 4 is 5.69 Å². The first-order chi connectivity index (χ1) is 9.51. The summed E-state index contributed by atoms with van der Waals surface area (Å²) in [6.07, 6.45) is -0.729. The largest absolute Gasteiger partial charge is 0.389 e. The summed E-state index contributed by atoms with van der Waals surface area (Å²) in [7, 11) is 3.28. The molecule has 0 aliphatic rings. The summed E-state index contributed by atoms with van der Waals surface area (Å²) in [6, 6.07) is 3.17. The lowest BCUT2D eigenvalue weighted by molar-refractivity contribution is 0.187. The summed E-state index contributed by atoms with van der Waals surface area (Å²) in [5.74, 6) is -0.303. The molecule has 0 saturated carbocycles. The topological polar surface area (TPSA) is 41.9 Å². The van der Waals surface area contributed by atoms with E-state index in [0.717, 1.165) is 5.69 Å². The van der Waals surface area contributed by atoms with Gasteiger partial charge in [0.25, 0.3) is 0 Å². The normalized spacial score (nSPS) is 12.5. The maximum absolute atomic E-state index is 13.7. The highest BCUT2D eigenvalue weighted by Gasteiger charge is 2.17. The summed E-state index contributed by atoms with van der Waals surface area (Å²) in [5.41, 5.74) is 1.97. The van der Waals surface area contributed by atoms with Crippen LogP contribution in [-0.2, 0) is 9.47 Å². The van der Waals surface area contributed by atoms with Gasteiger partial charge in [-0.25, -0.2) is 4.39 Å². The van der Waals surface area contributed by atoms with Crippen LogP contribution in [0.1, 0.15) is 24.2 Å². The number of aliphatic hydroxyl groups is 1. The maximum atomic E-state index is 13.7. The van der Waals surface area contributed by atoms with Gasteiger partial charge in [-0.3, -0.25) is 0 Å². The predicted molar refractivity (Wildman–Crippen MR) is 77.7 cm³/mol. The van der Waals surface area contributed by atoms with Gasteiger partial charge >= 0.3 is 0 Å². The first kappa shape index (κ1) is 16.9. The summed E-state index contributed by atoms with van der Waals surface area (Å²) < 4.78 is 23.9. The molecule has 1 N–H and O–H groups in total. The molecule has 0 fully saturated rings. The molecule has 5 heteroatoms. The van der Waals surface area contributed by atoms with E-state index in [0.29, 0.717) is 37.4 Å². The molecule has 20 heavy (non-hydrogen) atoms. The van der Waals surface area contributed by atoms with Crippen LogP contribution in [0, 0.1) is 12.7 Å². The van der Waals surface area contributed by atoms with Gasteiger partial charge in [0.15, 0.2) is 0 Å². The molecule has 0 aliphatic carbocycles. The first-order valence-electron chi connectivity index (χ1n) is 6.72. The third kappa shape index (κ3) is 4.44. The molecule has 0 heterocycles. The van der Waals surface area contributed by atoms with Crippen LogP contribution < -0.4 is 4.90 Å². The highest BCUT2D eigenvalue weighted by molar-refractivity contribution is 5.56. The number of aryl methyl sites for hydroxylation is 1. The van der Waals surface area contributed by atoms with E-state index in [2.05, 4.69) is 0 Å². The van der Waals surface area contributed by atoms with Gasteiger partial charge in [0, 0.05) is 38.6 Å². The smallest absolute Gasteiger partial charge is 0.126 e. The molecule has 0 aromatic heterocycles. The number of hydrogen-bond acceptors (Lipinski definition) is 4. The number of methoxy groups -OCH3 is 2. The fourth-order valence-corrected chi connectivity index (χ4v) is 2.05. The minimum absolute atomic E-state index is 0.303. The Bertz CT molecular complexity index is 416. The fourth-order valence-electron chi connectivity index (χ4n) is 2.05. The van der Waals surface area contributed by atoms with Crippen LogP contribution >= 0.6 is 0 Å². The van der Waals surface area contributed by atoms with Crippen molar-refractivity contribution in [2.24, 2.45) is 0 Å². The van der Waals surface area contributed by atoms with Gasteiger partial charge < -0.3 is 19.5 Å². The molecule has 1 aromatic rings. The van der Waals surface area contributed by atoms with Crippen LogP contribution in [-0.4, -0.2) is 45.6 Å². The van der Waals surface area contributed by atoms with Gasteiger partial charge in [-0.05, 0) is 31.5 Å². The van der Waals surface area contributed by atoms with Crippen molar-refractivity contribution in [1.82, 2.24) is 0 Å². The SMILES string of the molecule is COCCN(CCOC)c1cc(C)c(F)cc1[C@@H](C)O. The van der Waals surface area contributed by atoms with Gasteiger partial charge in [-0.1, -0.05) is 0 Å². The highest BCUT2D eigenvalue weighted by atomic mass is 19.1. The maximum Gasteiger partial charge on any atom is 0.126 e. The van der Waals surface area contributed by atoms with E-state index in [9.17, 15) is 9.50 Å². The summed E-state index contributed by atoms with van der Waals surface area (Å²) >= 11 is 0. The van der Waals surface area contributed by atoms with Crippen molar-refractivity contribution in [3.05, 3.63) is 29.1 Å². The van der Waals surface area contributed by atoms with Crippen LogP contribution in [0.25, 0.3) is 0 Å². The Labute approximate surface area is 120 Å². The molecule has 0 amide bonds. The van der Waals surface area contributed by atoms with Crippen LogP contribution in [0.3, 0.4) is 0 Å². The minimum atomic E-state index is -0.729. The minimum Gasteiger partial charge on any atom is -0.389 e. The Morgan fingerprint density at radius 3 is 2.20 bits per heavy atom.